The first-order valence-electron chi connectivity index (χ1n) is 10.6. The highest BCUT2D eigenvalue weighted by Crippen LogP contribution is 2.42. The fourth-order valence-corrected chi connectivity index (χ4v) is 4.33. The van der Waals surface area contributed by atoms with Crippen LogP contribution in [-0.2, 0) is 26.5 Å². The minimum Gasteiger partial charge on any atom is -0.497 e. The second-order valence-electron chi connectivity index (χ2n) is 7.85. The van der Waals surface area contributed by atoms with Gasteiger partial charge in [0, 0.05) is 23.0 Å². The Bertz CT molecular complexity index is 1240. The molecule has 2 atom stereocenters. The highest BCUT2D eigenvalue weighted by atomic mass is 35.5. The molecule has 1 aliphatic rings. The van der Waals surface area contributed by atoms with E-state index in [2.05, 4.69) is 4.98 Å². The van der Waals surface area contributed by atoms with Crippen LogP contribution < -0.4 is 4.74 Å². The number of rotatable bonds is 8. The van der Waals surface area contributed by atoms with Crippen LogP contribution in [0.15, 0.2) is 67.2 Å². The molecule has 0 amide bonds. The van der Waals surface area contributed by atoms with Crippen LogP contribution in [0.4, 0.5) is 17.6 Å². The van der Waals surface area contributed by atoms with Gasteiger partial charge in [0.25, 0.3) is 6.01 Å². The summed E-state index contributed by atoms with van der Waals surface area (Å²) >= 11 is 12.4. The topological polar surface area (TPSA) is 54.7 Å². The minimum atomic E-state index is -5.02. The van der Waals surface area contributed by atoms with E-state index in [0.29, 0.717) is 10.6 Å². The van der Waals surface area contributed by atoms with Crippen LogP contribution >= 0.6 is 23.2 Å². The summed E-state index contributed by atoms with van der Waals surface area (Å²) in [6.07, 6.45) is -1.16. The summed E-state index contributed by atoms with van der Waals surface area (Å²) in [7, 11) is 1.30. The third kappa shape index (κ3) is 5.78. The van der Waals surface area contributed by atoms with Gasteiger partial charge in [0.05, 0.1) is 31.6 Å². The molecule has 1 aromatic heterocycles. The minimum absolute atomic E-state index is 0.0958. The highest BCUT2D eigenvalue weighted by Gasteiger charge is 2.46. The molecule has 0 saturated carbocycles. The lowest BCUT2D eigenvalue weighted by Crippen LogP contribution is -2.34. The van der Waals surface area contributed by atoms with Gasteiger partial charge in [-0.2, -0.15) is 17.6 Å². The molecule has 12 heteroatoms. The predicted molar refractivity (Wildman–Crippen MR) is 124 cm³/mol. The standard InChI is InChI=1S/C24H20Cl2F4N2O4/c1-33-17-4-2-3-15(9-17)21(24(28,29)30)22(27)34-11-18-12-35-23(36-18,13-32-8-7-31-14-32)19-6-5-16(25)10-20(19)26/h2-10,14,18H,11-13H2,1H3/b22-21+/t18-,23-/m1/s1. The quantitative estimate of drug-likeness (QED) is 0.242. The van der Waals surface area contributed by atoms with Gasteiger partial charge >= 0.3 is 6.18 Å². The molecule has 192 valence electrons. The Morgan fingerprint density at radius 3 is 2.69 bits per heavy atom. The maximum absolute atomic E-state index is 14.8. The molecule has 0 unspecified atom stereocenters. The summed E-state index contributed by atoms with van der Waals surface area (Å²) in [4.78, 5) is 3.99. The number of imidazole rings is 1. The Balaban J connectivity index is 1.57. The molecule has 2 heterocycles. The van der Waals surface area contributed by atoms with Crippen molar-refractivity contribution in [2.24, 2.45) is 0 Å². The SMILES string of the molecule is COc1cccc(/C(=C(/F)OC[C@@H]2CO[C@@](Cn3ccnc3)(c3ccc(Cl)cc3Cl)O2)C(F)(F)F)c1. The van der Waals surface area contributed by atoms with Gasteiger partial charge in [0.2, 0.25) is 5.79 Å². The second kappa shape index (κ2) is 10.7. The Morgan fingerprint density at radius 1 is 1.22 bits per heavy atom. The normalized spacial score (nSPS) is 20.8. The number of allylic oxidation sites excluding steroid dienone is 1. The smallest absolute Gasteiger partial charge is 0.422 e. The van der Waals surface area contributed by atoms with Gasteiger partial charge in [0.1, 0.15) is 24.0 Å². The van der Waals surface area contributed by atoms with E-state index in [0.717, 1.165) is 12.1 Å². The zero-order chi connectivity index (χ0) is 25.9. The van der Waals surface area contributed by atoms with Gasteiger partial charge in [-0.3, -0.25) is 0 Å². The maximum atomic E-state index is 14.8. The lowest BCUT2D eigenvalue weighted by molar-refractivity contribution is -0.191. The molecule has 4 rings (SSSR count). The number of aromatic nitrogens is 2. The number of ether oxygens (including phenoxy) is 4. The zero-order valence-electron chi connectivity index (χ0n) is 18.8. The van der Waals surface area contributed by atoms with E-state index >= 15 is 0 Å². The van der Waals surface area contributed by atoms with Crippen molar-refractivity contribution in [2.75, 3.05) is 20.3 Å². The molecule has 0 aliphatic carbocycles. The number of hydrogen-bond donors (Lipinski definition) is 0. The Hall–Kier alpha value is -2.79. The van der Waals surface area contributed by atoms with Crippen LogP contribution in [0.2, 0.25) is 10.0 Å². The summed E-state index contributed by atoms with van der Waals surface area (Å²) < 4.78 is 79.6. The molecule has 0 spiro atoms. The van der Waals surface area contributed by atoms with Crippen molar-refractivity contribution in [3.63, 3.8) is 0 Å². The fraction of sp³-hybridized carbons (Fsp3) is 0.292. The summed E-state index contributed by atoms with van der Waals surface area (Å²) in [6, 6.07) is 7.88. The zero-order valence-corrected chi connectivity index (χ0v) is 20.3. The summed E-state index contributed by atoms with van der Waals surface area (Å²) in [5.74, 6) is -1.30. The van der Waals surface area contributed by atoms with E-state index < -0.39 is 41.8 Å². The first-order chi connectivity index (χ1) is 17.1. The van der Waals surface area contributed by atoms with Crippen molar-refractivity contribution >= 4 is 28.8 Å². The average Bonchev–Trinajstić information content (AvgIpc) is 3.47. The van der Waals surface area contributed by atoms with Crippen LogP contribution in [0.3, 0.4) is 0 Å². The molecule has 0 radical (unpaired) electrons. The molecule has 0 bridgehead atoms. The average molecular weight is 547 g/mol. The van der Waals surface area contributed by atoms with Crippen molar-refractivity contribution in [3.8, 4) is 5.75 Å². The first-order valence-corrected chi connectivity index (χ1v) is 11.3. The van der Waals surface area contributed by atoms with Crippen molar-refractivity contribution in [2.45, 2.75) is 24.6 Å². The molecule has 1 aliphatic heterocycles. The maximum Gasteiger partial charge on any atom is 0.422 e. The van der Waals surface area contributed by atoms with E-state index in [9.17, 15) is 17.6 Å². The lowest BCUT2D eigenvalue weighted by atomic mass is 10.1. The van der Waals surface area contributed by atoms with Crippen LogP contribution in [0, 0.1) is 0 Å². The van der Waals surface area contributed by atoms with Crippen LogP contribution in [0.5, 0.6) is 5.75 Å². The van der Waals surface area contributed by atoms with Gasteiger partial charge in [-0.05, 0) is 29.8 Å². The molecule has 3 aromatic rings. The van der Waals surface area contributed by atoms with Crippen LogP contribution in [-0.4, -0.2) is 42.2 Å². The van der Waals surface area contributed by atoms with Gasteiger partial charge in [0.15, 0.2) is 0 Å². The third-order valence-electron chi connectivity index (χ3n) is 5.39. The number of halogens is 6. The summed E-state index contributed by atoms with van der Waals surface area (Å²) in [5, 5.41) is 0.650. The predicted octanol–water partition coefficient (Wildman–Crippen LogP) is 6.38. The van der Waals surface area contributed by atoms with Gasteiger partial charge in [-0.1, -0.05) is 41.4 Å². The Labute approximate surface area is 213 Å². The number of nitrogens with zero attached hydrogens (tertiary/aromatic N) is 2. The molecule has 36 heavy (non-hydrogen) atoms. The number of benzene rings is 2. The highest BCUT2D eigenvalue weighted by molar-refractivity contribution is 6.35. The third-order valence-corrected chi connectivity index (χ3v) is 5.93. The van der Waals surface area contributed by atoms with Crippen molar-refractivity contribution in [1.29, 1.82) is 0 Å². The molecule has 1 saturated heterocycles. The molecular weight excluding hydrogens is 527 g/mol. The molecular formula is C24H20Cl2F4N2O4. The Morgan fingerprint density at radius 2 is 2.03 bits per heavy atom. The molecule has 6 nitrogen and oxygen atoms in total. The first kappa shape index (κ1) is 26.3. The van der Waals surface area contributed by atoms with E-state index in [1.807, 2.05) is 0 Å². The number of methoxy groups -OCH3 is 1. The van der Waals surface area contributed by atoms with Crippen LogP contribution in [0.1, 0.15) is 11.1 Å². The van der Waals surface area contributed by atoms with E-state index in [1.54, 1.807) is 29.1 Å². The van der Waals surface area contributed by atoms with E-state index in [-0.39, 0.29) is 23.9 Å². The van der Waals surface area contributed by atoms with Crippen LogP contribution in [0.25, 0.3) is 5.57 Å². The number of hydrogen-bond acceptors (Lipinski definition) is 5. The molecule has 1 fully saturated rings. The van der Waals surface area contributed by atoms with Crippen molar-refractivity contribution in [3.05, 3.63) is 88.4 Å². The fourth-order valence-electron chi connectivity index (χ4n) is 3.78. The molecule has 0 N–H and O–H groups in total. The largest absolute Gasteiger partial charge is 0.497 e. The van der Waals surface area contributed by atoms with Gasteiger partial charge in [-0.15, -0.1) is 0 Å². The molecule has 2 aromatic carbocycles. The number of alkyl halides is 3. The summed E-state index contributed by atoms with van der Waals surface area (Å²) in [5.41, 5.74) is -1.57. The lowest BCUT2D eigenvalue weighted by Gasteiger charge is -2.30. The monoisotopic (exact) mass is 546 g/mol. The van der Waals surface area contributed by atoms with Crippen molar-refractivity contribution < 1.29 is 36.5 Å². The second-order valence-corrected chi connectivity index (χ2v) is 8.70. The summed E-state index contributed by atoms with van der Waals surface area (Å²) in [6.45, 7) is -0.533. The Kier molecular flexibility index (Phi) is 7.79. The van der Waals surface area contributed by atoms with E-state index in [4.69, 9.17) is 42.1 Å². The van der Waals surface area contributed by atoms with E-state index in [1.165, 1.54) is 31.6 Å². The van der Waals surface area contributed by atoms with Gasteiger partial charge < -0.3 is 23.5 Å². The van der Waals surface area contributed by atoms with Gasteiger partial charge in [-0.25, -0.2) is 4.98 Å². The van der Waals surface area contributed by atoms with Crippen molar-refractivity contribution in [1.82, 2.24) is 9.55 Å².